The smallest absolute Gasteiger partial charge is 0.339 e. The normalized spacial score (nSPS) is 14.2. The highest BCUT2D eigenvalue weighted by Crippen LogP contribution is 2.24. The number of carbonyl (C=O) groups is 4. The van der Waals surface area contributed by atoms with E-state index in [0.717, 1.165) is 17.7 Å². The van der Waals surface area contributed by atoms with Gasteiger partial charge in [0, 0.05) is 13.1 Å². The molecule has 1 aromatic rings. The highest BCUT2D eigenvalue weighted by Gasteiger charge is 2.46. The van der Waals surface area contributed by atoms with E-state index in [4.69, 9.17) is 4.74 Å². The first-order valence-electron chi connectivity index (χ1n) is 8.56. The Kier molecular flexibility index (Phi) is 6.32. The Balaban J connectivity index is 2.18. The number of ether oxygens (including phenoxy) is 1. The van der Waals surface area contributed by atoms with E-state index in [1.54, 1.807) is 17.0 Å². The van der Waals surface area contributed by atoms with Crippen molar-refractivity contribution in [2.75, 3.05) is 31.6 Å². The molecule has 0 radical (unpaired) electrons. The zero-order valence-corrected chi connectivity index (χ0v) is 15.2. The van der Waals surface area contributed by atoms with Crippen LogP contribution in [0.5, 0.6) is 5.75 Å². The number of nitrogens with zero attached hydrogens (tertiary/aromatic N) is 3. The molecule has 0 unspecified atom stereocenters. The lowest BCUT2D eigenvalue weighted by atomic mass is 10.3. The van der Waals surface area contributed by atoms with Crippen molar-refractivity contribution in [1.29, 1.82) is 0 Å². The standard InChI is InChI=1S/C18H23N3O5/c1-4-10-19(11-5-2)15(22)12-20-16(23)17(24)21(18(20)25)13-6-8-14(26-3)9-7-13/h6-9H,4-5,10-12H2,1-3H3. The van der Waals surface area contributed by atoms with E-state index in [1.807, 2.05) is 13.8 Å². The van der Waals surface area contributed by atoms with Gasteiger partial charge in [-0.2, -0.15) is 0 Å². The molecule has 0 aliphatic carbocycles. The molecule has 140 valence electrons. The first-order valence-corrected chi connectivity index (χ1v) is 8.56. The lowest BCUT2D eigenvalue weighted by Gasteiger charge is -2.23. The maximum absolute atomic E-state index is 12.6. The molecule has 1 saturated heterocycles. The van der Waals surface area contributed by atoms with Gasteiger partial charge in [-0.1, -0.05) is 13.8 Å². The molecule has 1 heterocycles. The van der Waals surface area contributed by atoms with E-state index in [9.17, 15) is 19.2 Å². The minimum atomic E-state index is -0.993. The Hall–Kier alpha value is -2.90. The van der Waals surface area contributed by atoms with Crippen LogP contribution in [0.25, 0.3) is 0 Å². The van der Waals surface area contributed by atoms with Gasteiger partial charge in [0.1, 0.15) is 12.3 Å². The van der Waals surface area contributed by atoms with Crippen LogP contribution in [0.2, 0.25) is 0 Å². The van der Waals surface area contributed by atoms with Crippen LogP contribution in [-0.2, 0) is 14.4 Å². The van der Waals surface area contributed by atoms with Crippen LogP contribution in [0.4, 0.5) is 10.5 Å². The maximum atomic E-state index is 12.6. The summed E-state index contributed by atoms with van der Waals surface area (Å²) in [4.78, 5) is 52.5. The monoisotopic (exact) mass is 361 g/mol. The highest BCUT2D eigenvalue weighted by atomic mass is 16.5. The molecule has 0 atom stereocenters. The summed E-state index contributed by atoms with van der Waals surface area (Å²) in [5.41, 5.74) is 0.253. The molecular weight excluding hydrogens is 338 g/mol. The minimum absolute atomic E-state index is 0.253. The lowest BCUT2D eigenvalue weighted by Crippen LogP contribution is -2.44. The summed E-state index contributed by atoms with van der Waals surface area (Å²) in [5, 5.41) is 0. The summed E-state index contributed by atoms with van der Waals surface area (Å²) in [7, 11) is 1.50. The fourth-order valence-electron chi connectivity index (χ4n) is 2.74. The number of carbonyl (C=O) groups excluding carboxylic acids is 4. The molecule has 2 rings (SSSR count). The van der Waals surface area contributed by atoms with Gasteiger partial charge in [-0.25, -0.2) is 14.6 Å². The summed E-state index contributed by atoms with van der Waals surface area (Å²) < 4.78 is 5.04. The highest BCUT2D eigenvalue weighted by molar-refractivity contribution is 6.53. The molecule has 8 heteroatoms. The van der Waals surface area contributed by atoms with Crippen molar-refractivity contribution < 1.29 is 23.9 Å². The molecule has 1 aliphatic rings. The first-order chi connectivity index (χ1) is 12.4. The summed E-state index contributed by atoms with van der Waals surface area (Å²) in [6.07, 6.45) is 1.54. The van der Waals surface area contributed by atoms with Gasteiger partial charge < -0.3 is 9.64 Å². The van der Waals surface area contributed by atoms with Crippen molar-refractivity contribution in [2.45, 2.75) is 26.7 Å². The average Bonchev–Trinajstić information content (AvgIpc) is 2.85. The fourth-order valence-corrected chi connectivity index (χ4v) is 2.74. The van der Waals surface area contributed by atoms with Crippen molar-refractivity contribution >= 4 is 29.4 Å². The number of amides is 5. The van der Waals surface area contributed by atoms with Crippen molar-refractivity contribution in [2.24, 2.45) is 0 Å². The number of anilines is 1. The Labute approximate surface area is 152 Å². The Morgan fingerprint density at radius 3 is 2.08 bits per heavy atom. The van der Waals surface area contributed by atoms with Crippen LogP contribution in [0, 0.1) is 0 Å². The molecule has 26 heavy (non-hydrogen) atoms. The third-order valence-electron chi connectivity index (χ3n) is 4.02. The molecule has 1 aromatic carbocycles. The number of hydrogen-bond donors (Lipinski definition) is 0. The second-order valence-electron chi connectivity index (χ2n) is 5.89. The maximum Gasteiger partial charge on any atom is 0.339 e. The molecule has 0 N–H and O–H groups in total. The molecule has 0 saturated carbocycles. The molecular formula is C18H23N3O5. The molecule has 0 aromatic heterocycles. The van der Waals surface area contributed by atoms with Gasteiger partial charge in [0.05, 0.1) is 12.8 Å². The summed E-state index contributed by atoms with van der Waals surface area (Å²) in [6.45, 7) is 4.53. The SMILES string of the molecule is CCCN(CCC)C(=O)CN1C(=O)C(=O)N(c2ccc(OC)cc2)C1=O. The van der Waals surface area contributed by atoms with E-state index < -0.39 is 24.4 Å². The van der Waals surface area contributed by atoms with Gasteiger partial charge in [0.2, 0.25) is 5.91 Å². The van der Waals surface area contributed by atoms with Crippen molar-refractivity contribution in [1.82, 2.24) is 9.80 Å². The van der Waals surface area contributed by atoms with E-state index in [1.165, 1.54) is 19.2 Å². The predicted molar refractivity (Wildman–Crippen MR) is 94.8 cm³/mol. The summed E-state index contributed by atoms with van der Waals surface area (Å²) in [5.74, 6) is -1.75. The zero-order chi connectivity index (χ0) is 19.3. The summed E-state index contributed by atoms with van der Waals surface area (Å²) >= 11 is 0. The quantitative estimate of drug-likeness (QED) is 0.519. The second-order valence-corrected chi connectivity index (χ2v) is 5.89. The van der Waals surface area contributed by atoms with E-state index in [2.05, 4.69) is 0 Å². The third-order valence-corrected chi connectivity index (χ3v) is 4.02. The Morgan fingerprint density at radius 2 is 1.58 bits per heavy atom. The van der Waals surface area contributed by atoms with E-state index >= 15 is 0 Å². The number of rotatable bonds is 8. The number of benzene rings is 1. The average molecular weight is 361 g/mol. The third kappa shape index (κ3) is 3.84. The second kappa shape index (κ2) is 8.46. The Bertz CT molecular complexity index is 695. The van der Waals surface area contributed by atoms with Gasteiger partial charge in [-0.15, -0.1) is 0 Å². The molecule has 8 nitrogen and oxygen atoms in total. The summed E-state index contributed by atoms with van der Waals surface area (Å²) in [6, 6.07) is 5.37. The van der Waals surface area contributed by atoms with Gasteiger partial charge in [-0.05, 0) is 37.1 Å². The lowest BCUT2D eigenvalue weighted by molar-refractivity contribution is -0.142. The van der Waals surface area contributed by atoms with Crippen LogP contribution in [0.15, 0.2) is 24.3 Å². The number of imide groups is 2. The van der Waals surface area contributed by atoms with Crippen molar-refractivity contribution in [3.63, 3.8) is 0 Å². The Morgan fingerprint density at radius 1 is 1.00 bits per heavy atom. The topological polar surface area (TPSA) is 87.2 Å². The number of hydrogen-bond acceptors (Lipinski definition) is 5. The van der Waals surface area contributed by atoms with E-state index in [-0.39, 0.29) is 11.6 Å². The van der Waals surface area contributed by atoms with Gasteiger partial charge in [0.25, 0.3) is 0 Å². The molecule has 0 bridgehead atoms. The van der Waals surface area contributed by atoms with Gasteiger partial charge >= 0.3 is 17.8 Å². The van der Waals surface area contributed by atoms with Crippen molar-refractivity contribution in [3.05, 3.63) is 24.3 Å². The number of methoxy groups -OCH3 is 1. The number of urea groups is 1. The predicted octanol–water partition coefficient (Wildman–Crippen LogP) is 1.64. The van der Waals surface area contributed by atoms with E-state index in [0.29, 0.717) is 23.7 Å². The van der Waals surface area contributed by atoms with Crippen LogP contribution >= 0.6 is 0 Å². The molecule has 1 fully saturated rings. The van der Waals surface area contributed by atoms with Crippen LogP contribution in [-0.4, -0.2) is 60.3 Å². The molecule has 0 spiro atoms. The van der Waals surface area contributed by atoms with Crippen LogP contribution in [0.3, 0.4) is 0 Å². The van der Waals surface area contributed by atoms with Gasteiger partial charge in [0.15, 0.2) is 0 Å². The first kappa shape index (κ1) is 19.4. The van der Waals surface area contributed by atoms with Crippen LogP contribution < -0.4 is 9.64 Å². The zero-order valence-electron chi connectivity index (χ0n) is 15.2. The largest absolute Gasteiger partial charge is 0.497 e. The fraction of sp³-hybridized carbons (Fsp3) is 0.444. The molecule has 1 aliphatic heterocycles. The minimum Gasteiger partial charge on any atom is -0.497 e. The molecule has 5 amide bonds. The van der Waals surface area contributed by atoms with Gasteiger partial charge in [-0.3, -0.25) is 14.4 Å². The van der Waals surface area contributed by atoms with Crippen LogP contribution in [0.1, 0.15) is 26.7 Å². The van der Waals surface area contributed by atoms with Crippen molar-refractivity contribution in [3.8, 4) is 5.75 Å².